The van der Waals surface area contributed by atoms with E-state index in [1.807, 2.05) is 44.2 Å². The van der Waals surface area contributed by atoms with Crippen molar-refractivity contribution in [1.82, 2.24) is 4.90 Å². The highest BCUT2D eigenvalue weighted by molar-refractivity contribution is 6.32. The van der Waals surface area contributed by atoms with Crippen LogP contribution >= 0.6 is 0 Å². The summed E-state index contributed by atoms with van der Waals surface area (Å²) in [6.45, 7) is 4.01. The van der Waals surface area contributed by atoms with E-state index in [2.05, 4.69) is 4.74 Å². The lowest BCUT2D eigenvalue weighted by molar-refractivity contribution is -0.165. The lowest BCUT2D eigenvalue weighted by atomic mass is 9.83. The minimum atomic E-state index is -0.791. The molecule has 0 N–H and O–H groups in total. The number of piperidine rings is 1. The Morgan fingerprint density at radius 3 is 2.50 bits per heavy atom. The van der Waals surface area contributed by atoms with Crippen LogP contribution < -0.4 is 0 Å². The zero-order valence-electron chi connectivity index (χ0n) is 12.3. The summed E-state index contributed by atoms with van der Waals surface area (Å²) in [6.07, 6.45) is 2.80. The lowest BCUT2D eigenvalue weighted by Gasteiger charge is -2.47. The molecule has 1 saturated heterocycles. The molecule has 1 aliphatic rings. The van der Waals surface area contributed by atoms with Crippen molar-refractivity contribution < 1.29 is 14.3 Å². The van der Waals surface area contributed by atoms with Crippen molar-refractivity contribution in [2.75, 3.05) is 7.11 Å². The van der Waals surface area contributed by atoms with E-state index in [1.54, 1.807) is 4.90 Å². The third-order valence-corrected chi connectivity index (χ3v) is 3.99. The fraction of sp³-hybridized carbons (Fsp3) is 0.500. The Morgan fingerprint density at radius 1 is 1.25 bits per heavy atom. The van der Waals surface area contributed by atoms with Crippen molar-refractivity contribution in [3.05, 3.63) is 35.9 Å². The molecule has 0 unspecified atom stereocenters. The van der Waals surface area contributed by atoms with Gasteiger partial charge in [0.25, 0.3) is 0 Å². The number of carbonyl (C=O) groups is 2. The van der Waals surface area contributed by atoms with Gasteiger partial charge in [-0.25, -0.2) is 4.79 Å². The van der Waals surface area contributed by atoms with Gasteiger partial charge in [0.1, 0.15) is 0 Å². The summed E-state index contributed by atoms with van der Waals surface area (Å²) in [5.74, 6) is -1.34. The van der Waals surface area contributed by atoms with Gasteiger partial charge in [-0.3, -0.25) is 4.79 Å². The second-order valence-corrected chi connectivity index (χ2v) is 5.80. The van der Waals surface area contributed by atoms with Crippen LogP contribution in [0.3, 0.4) is 0 Å². The van der Waals surface area contributed by atoms with Crippen LogP contribution in [-0.4, -0.2) is 29.4 Å². The van der Waals surface area contributed by atoms with E-state index in [0.717, 1.165) is 24.8 Å². The third-order valence-electron chi connectivity index (χ3n) is 3.99. The molecule has 0 aromatic heterocycles. The van der Waals surface area contributed by atoms with Crippen molar-refractivity contribution in [3.8, 4) is 0 Å². The van der Waals surface area contributed by atoms with Gasteiger partial charge in [-0.05, 0) is 38.7 Å². The predicted molar refractivity (Wildman–Crippen MR) is 76.0 cm³/mol. The highest BCUT2D eigenvalue weighted by atomic mass is 16.5. The van der Waals surface area contributed by atoms with Crippen LogP contribution in [0, 0.1) is 0 Å². The molecule has 1 aromatic carbocycles. The number of rotatable bonds is 1. The first-order chi connectivity index (χ1) is 9.47. The van der Waals surface area contributed by atoms with Crippen LogP contribution in [0.2, 0.25) is 0 Å². The SMILES string of the molecule is COC(=O)C(=O)N1[C@@H](c2ccccc2)CCCC1(C)C. The van der Waals surface area contributed by atoms with Crippen LogP contribution in [0.15, 0.2) is 30.3 Å². The molecule has 4 nitrogen and oxygen atoms in total. The Hall–Kier alpha value is -1.84. The van der Waals surface area contributed by atoms with Gasteiger partial charge in [0.15, 0.2) is 0 Å². The summed E-state index contributed by atoms with van der Waals surface area (Å²) in [6, 6.07) is 9.80. The van der Waals surface area contributed by atoms with Crippen molar-refractivity contribution in [2.45, 2.75) is 44.7 Å². The maximum absolute atomic E-state index is 12.4. The van der Waals surface area contributed by atoms with E-state index >= 15 is 0 Å². The highest BCUT2D eigenvalue weighted by Gasteiger charge is 2.42. The number of methoxy groups -OCH3 is 1. The summed E-state index contributed by atoms with van der Waals surface area (Å²) in [4.78, 5) is 25.7. The van der Waals surface area contributed by atoms with Gasteiger partial charge in [0.05, 0.1) is 13.2 Å². The molecule has 20 heavy (non-hydrogen) atoms. The van der Waals surface area contributed by atoms with Crippen LogP contribution in [0.4, 0.5) is 0 Å². The van der Waals surface area contributed by atoms with Gasteiger partial charge in [-0.1, -0.05) is 30.3 Å². The van der Waals surface area contributed by atoms with E-state index in [9.17, 15) is 9.59 Å². The molecule has 0 radical (unpaired) electrons. The number of amides is 1. The Morgan fingerprint density at radius 2 is 1.90 bits per heavy atom. The fourth-order valence-electron chi connectivity index (χ4n) is 2.99. The topological polar surface area (TPSA) is 46.6 Å². The Kier molecular flexibility index (Phi) is 4.12. The summed E-state index contributed by atoms with van der Waals surface area (Å²) >= 11 is 0. The summed E-state index contributed by atoms with van der Waals surface area (Å²) in [5.41, 5.74) is 0.724. The lowest BCUT2D eigenvalue weighted by Crippen LogP contribution is -2.54. The Bertz CT molecular complexity index is 496. The largest absolute Gasteiger partial charge is 0.462 e. The molecule has 4 heteroatoms. The minimum absolute atomic E-state index is 0.0634. The molecule has 0 saturated carbocycles. The summed E-state index contributed by atoms with van der Waals surface area (Å²) < 4.78 is 4.61. The van der Waals surface area contributed by atoms with Crippen LogP contribution in [0.1, 0.15) is 44.7 Å². The molecule has 1 atom stereocenters. The maximum atomic E-state index is 12.4. The highest BCUT2D eigenvalue weighted by Crippen LogP contribution is 2.40. The molecular formula is C16H21NO3. The average Bonchev–Trinajstić information content (AvgIpc) is 2.45. The average molecular weight is 275 g/mol. The van der Waals surface area contributed by atoms with Crippen LogP contribution in [0.25, 0.3) is 0 Å². The van der Waals surface area contributed by atoms with Gasteiger partial charge >= 0.3 is 11.9 Å². The van der Waals surface area contributed by atoms with Crippen LogP contribution in [-0.2, 0) is 14.3 Å². The summed E-state index contributed by atoms with van der Waals surface area (Å²) in [7, 11) is 1.24. The number of carbonyl (C=O) groups excluding carboxylic acids is 2. The number of hydrogen-bond acceptors (Lipinski definition) is 3. The van der Waals surface area contributed by atoms with E-state index in [0.29, 0.717) is 0 Å². The first-order valence-corrected chi connectivity index (χ1v) is 6.94. The second kappa shape index (κ2) is 5.65. The number of esters is 1. The van der Waals surface area contributed by atoms with Crippen molar-refractivity contribution in [2.24, 2.45) is 0 Å². The standard InChI is InChI=1S/C16H21NO3/c1-16(2)11-7-10-13(12-8-5-4-6-9-12)17(16)14(18)15(19)20-3/h4-6,8-9,13H,7,10-11H2,1-3H3/t13-/m1/s1. The second-order valence-electron chi connectivity index (χ2n) is 5.80. The molecule has 0 spiro atoms. The number of hydrogen-bond donors (Lipinski definition) is 0. The van der Waals surface area contributed by atoms with E-state index in [-0.39, 0.29) is 11.6 Å². The molecular weight excluding hydrogens is 254 g/mol. The Labute approximate surface area is 119 Å². The first kappa shape index (κ1) is 14.6. The van der Waals surface area contributed by atoms with Gasteiger partial charge in [0.2, 0.25) is 0 Å². The maximum Gasteiger partial charge on any atom is 0.396 e. The first-order valence-electron chi connectivity index (χ1n) is 6.94. The molecule has 0 bridgehead atoms. The van der Waals surface area contributed by atoms with Gasteiger partial charge in [0, 0.05) is 5.54 Å². The molecule has 1 fully saturated rings. The molecule has 1 heterocycles. The minimum Gasteiger partial charge on any atom is -0.462 e. The number of ether oxygens (including phenoxy) is 1. The Balaban J connectivity index is 2.38. The fourth-order valence-corrected chi connectivity index (χ4v) is 2.99. The van der Waals surface area contributed by atoms with E-state index < -0.39 is 11.9 Å². The van der Waals surface area contributed by atoms with Gasteiger partial charge < -0.3 is 9.64 Å². The molecule has 1 aliphatic heterocycles. The molecule has 1 aromatic rings. The van der Waals surface area contributed by atoms with Crippen molar-refractivity contribution in [3.63, 3.8) is 0 Å². The molecule has 108 valence electrons. The van der Waals surface area contributed by atoms with Crippen molar-refractivity contribution in [1.29, 1.82) is 0 Å². The van der Waals surface area contributed by atoms with E-state index in [1.165, 1.54) is 7.11 Å². The quantitative estimate of drug-likeness (QED) is 0.585. The van der Waals surface area contributed by atoms with Crippen molar-refractivity contribution >= 4 is 11.9 Å². The molecule has 1 amide bonds. The van der Waals surface area contributed by atoms with Gasteiger partial charge in [-0.2, -0.15) is 0 Å². The summed E-state index contributed by atoms with van der Waals surface area (Å²) in [5, 5.41) is 0. The number of nitrogens with zero attached hydrogens (tertiary/aromatic N) is 1. The monoisotopic (exact) mass is 275 g/mol. The zero-order valence-corrected chi connectivity index (χ0v) is 12.3. The van der Waals surface area contributed by atoms with E-state index in [4.69, 9.17) is 0 Å². The smallest absolute Gasteiger partial charge is 0.396 e. The normalized spacial score (nSPS) is 21.4. The number of likely N-dealkylation sites (tertiary alicyclic amines) is 1. The van der Waals surface area contributed by atoms with Crippen LogP contribution in [0.5, 0.6) is 0 Å². The van der Waals surface area contributed by atoms with Gasteiger partial charge in [-0.15, -0.1) is 0 Å². The zero-order chi connectivity index (χ0) is 14.8. The predicted octanol–water partition coefficient (Wildman–Crippen LogP) is 2.69. The molecule has 0 aliphatic carbocycles. The number of benzene rings is 1. The molecule has 2 rings (SSSR count). The third kappa shape index (κ3) is 2.69.